The minimum atomic E-state index is -4.67. The van der Waals surface area contributed by atoms with Crippen molar-refractivity contribution < 1.29 is 80.5 Å². The first-order chi connectivity index (χ1) is 48.7. The highest BCUT2D eigenvalue weighted by molar-refractivity contribution is 7.85. The Labute approximate surface area is 605 Å². The number of ether oxygens (including phenoxy) is 3. The normalized spacial score (nSPS) is 17.2. The average Bonchev–Trinajstić information content (AvgIpc) is 1.62. The zero-order valence-corrected chi connectivity index (χ0v) is 62.5. The fourth-order valence-electron chi connectivity index (χ4n) is 14.0. The highest BCUT2D eigenvalue weighted by Gasteiger charge is 2.45. The Bertz CT molecular complexity index is 3650. The number of carbonyl (C=O) groups excluding carboxylic acids is 9. The van der Waals surface area contributed by atoms with Crippen LogP contribution in [0, 0.1) is 29.6 Å². The standard InChI is InChI=1S/C75H108N10O17S/c1-15-45(8)64(59(100-13)40-60(86)85-37-24-32-58(85)67(101-14)46(9)68(89)78-47(10)65(87)48-25-17-16-18-26-48)84(12)72(93)62(43(4)5)81-71(92)63(44(6)7)83(11)73(94)66(88)51-34-33-50(39-49(51)35-38-103(97,98)99)79-69(90)57(31-23-36-77-74(76)95)80-70(91)61(42(2)3)82-75(96)102-41-56-54-29-21-19-27-52(54)53-28-20-22-30-55(53)56/h16-22,25-30,33-34,39,42-47,56-59,61-67,87-88H,15,23-24,31-32,35-38,40-41H2,1-14H3,(H,78,89)(H,79,90)(H,80,91)(H,81,92)(H,82,96)(H3,76,77,95)(H,97,98,99)/t45-,46+,47+,57-,58-,59+,61-,62-,63-,64-,65+,66?,67+/m0/s1. The summed E-state index contributed by atoms with van der Waals surface area (Å²) in [6.07, 6.45) is -4.32. The van der Waals surface area contributed by atoms with E-state index in [1.54, 1.807) is 91.6 Å². The zero-order valence-electron chi connectivity index (χ0n) is 61.7. The predicted molar refractivity (Wildman–Crippen MR) is 389 cm³/mol. The molecule has 1 heterocycles. The van der Waals surface area contributed by atoms with Crippen molar-refractivity contribution in [1.82, 2.24) is 41.3 Å². The molecule has 0 radical (unpaired) electrons. The largest absolute Gasteiger partial charge is 0.449 e. The molecule has 0 saturated carbocycles. The second-order valence-corrected chi connectivity index (χ2v) is 29.7. The van der Waals surface area contributed by atoms with Gasteiger partial charge in [-0.15, -0.1) is 0 Å². The quantitative estimate of drug-likeness (QED) is 0.0173. The van der Waals surface area contributed by atoms with E-state index in [2.05, 4.69) is 31.9 Å². The number of carbonyl (C=O) groups is 9. The molecule has 0 bridgehead atoms. The predicted octanol–water partition coefficient (Wildman–Crippen LogP) is 6.37. The van der Waals surface area contributed by atoms with Gasteiger partial charge in [-0.3, -0.25) is 38.1 Å². The van der Waals surface area contributed by atoms with E-state index in [9.17, 15) is 61.5 Å². The Morgan fingerprint density at radius 1 is 0.699 bits per heavy atom. The molecule has 4 aromatic rings. The maximum absolute atomic E-state index is 15.0. The van der Waals surface area contributed by atoms with Gasteiger partial charge in [0.1, 0.15) is 30.8 Å². The van der Waals surface area contributed by atoms with Crippen LogP contribution in [-0.2, 0) is 64.3 Å². The van der Waals surface area contributed by atoms with E-state index in [0.717, 1.165) is 27.2 Å². The lowest BCUT2D eigenvalue weighted by Crippen LogP contribution is -2.60. The summed E-state index contributed by atoms with van der Waals surface area (Å²) in [4.78, 5) is 130. The SMILES string of the molecule is CC[C@H](C)[C@@H]([C@@H](CC(=O)N1CCC[C@H]1[C@H](OC)[C@@H](C)C(=O)N[C@H](C)[C@@H](O)c1ccccc1)OC)N(C)C(=O)[C@@H](NC(=O)[C@H](C(C)C)N(C)C(=O)C(O)c1ccc(NC(=O)[C@H](CCCNC(N)=O)NC(=O)[C@@H](NC(=O)OCC2c3ccccc3-c3ccccc32)C(C)C)cc1CCS(=O)(=O)O)C(C)C. The van der Waals surface area contributed by atoms with Gasteiger partial charge in [-0.25, -0.2) is 9.59 Å². The first kappa shape index (κ1) is 83.4. The van der Waals surface area contributed by atoms with E-state index in [1.807, 2.05) is 68.4 Å². The number of urea groups is 1. The highest BCUT2D eigenvalue weighted by atomic mass is 32.2. The summed E-state index contributed by atoms with van der Waals surface area (Å²) in [6, 6.07) is 20.7. The number of nitrogens with zero attached hydrogens (tertiary/aromatic N) is 3. The van der Waals surface area contributed by atoms with Crippen molar-refractivity contribution in [3.05, 3.63) is 125 Å². The number of likely N-dealkylation sites (tertiary alicyclic amines) is 1. The van der Waals surface area contributed by atoms with E-state index in [4.69, 9.17) is 19.9 Å². The topological polar surface area (TPSA) is 384 Å². The summed E-state index contributed by atoms with van der Waals surface area (Å²) in [7, 11) is 1.15. The van der Waals surface area contributed by atoms with Gasteiger partial charge in [0.25, 0.3) is 16.0 Å². The number of anilines is 1. The fraction of sp³-hybridized carbons (Fsp3) is 0.560. The van der Waals surface area contributed by atoms with E-state index >= 15 is 4.79 Å². The minimum absolute atomic E-state index is 0.00293. The van der Waals surface area contributed by atoms with Crippen molar-refractivity contribution in [1.29, 1.82) is 0 Å². The number of hydrogen-bond donors (Lipinski definition) is 10. The van der Waals surface area contributed by atoms with Crippen LogP contribution in [0.15, 0.2) is 97.1 Å². The van der Waals surface area contributed by atoms with E-state index in [1.165, 1.54) is 44.4 Å². The third-order valence-corrected chi connectivity index (χ3v) is 20.6. The van der Waals surface area contributed by atoms with Gasteiger partial charge in [0.05, 0.1) is 54.5 Å². The number of aryl methyl sites for hydroxylation is 1. The van der Waals surface area contributed by atoms with Gasteiger partial charge in [-0.05, 0) is 114 Å². The van der Waals surface area contributed by atoms with Gasteiger partial charge in [0, 0.05) is 53.0 Å². The Balaban J connectivity index is 1.15. The number of likely N-dealkylation sites (N-methyl/N-ethyl adjacent to an activating group) is 2. The van der Waals surface area contributed by atoms with Crippen LogP contribution in [0.2, 0.25) is 0 Å². The second-order valence-electron chi connectivity index (χ2n) is 28.1. The maximum Gasteiger partial charge on any atom is 0.407 e. The number of fused-ring (bicyclic) bond motifs is 3. The molecule has 6 rings (SSSR count). The van der Waals surface area contributed by atoms with E-state index in [0.29, 0.717) is 31.4 Å². The number of aliphatic hydroxyl groups excluding tert-OH is 2. The molecule has 566 valence electrons. The summed E-state index contributed by atoms with van der Waals surface area (Å²) in [5.41, 5.74) is 9.79. The number of rotatable bonds is 37. The number of benzene rings is 4. The monoisotopic (exact) mass is 1450 g/mol. The molecule has 11 N–H and O–H groups in total. The van der Waals surface area contributed by atoms with Gasteiger partial charge >= 0.3 is 12.1 Å². The lowest BCUT2D eigenvalue weighted by atomic mass is 9.89. The molecule has 1 saturated heterocycles. The summed E-state index contributed by atoms with van der Waals surface area (Å²) in [6.45, 7) is 17.8. The molecular weight excluding hydrogens is 1340 g/mol. The first-order valence-corrected chi connectivity index (χ1v) is 37.0. The Hall–Kier alpha value is -8.54. The zero-order chi connectivity index (χ0) is 76.3. The molecule has 2 aliphatic rings. The van der Waals surface area contributed by atoms with Gasteiger partial charge in [0.15, 0.2) is 6.10 Å². The Morgan fingerprint density at radius 2 is 1.31 bits per heavy atom. The number of amides is 10. The van der Waals surface area contributed by atoms with Crippen molar-refractivity contribution >= 4 is 69.3 Å². The second kappa shape index (κ2) is 38.3. The molecule has 28 heteroatoms. The van der Waals surface area contributed by atoms with Crippen molar-refractivity contribution in [2.75, 3.05) is 59.1 Å². The molecule has 27 nitrogen and oxygen atoms in total. The van der Waals surface area contributed by atoms with Crippen LogP contribution in [0.4, 0.5) is 15.3 Å². The number of nitrogens with two attached hydrogens (primary N) is 1. The van der Waals surface area contributed by atoms with Gasteiger partial charge in [-0.1, -0.05) is 154 Å². The van der Waals surface area contributed by atoms with E-state index in [-0.39, 0.29) is 72.9 Å². The number of alkyl carbamates (subject to hydrolysis) is 1. The number of hydrogen-bond acceptors (Lipinski definition) is 16. The van der Waals surface area contributed by atoms with Crippen LogP contribution >= 0.6 is 0 Å². The van der Waals surface area contributed by atoms with Crippen LogP contribution in [0.5, 0.6) is 0 Å². The molecule has 103 heavy (non-hydrogen) atoms. The lowest BCUT2D eigenvalue weighted by molar-refractivity contribution is -0.150. The van der Waals surface area contributed by atoms with Crippen LogP contribution in [0.1, 0.15) is 154 Å². The van der Waals surface area contributed by atoms with Crippen molar-refractivity contribution in [2.24, 2.45) is 35.3 Å². The number of nitrogens with one attached hydrogen (secondary N) is 6. The molecule has 10 amide bonds. The molecule has 1 aliphatic carbocycles. The third kappa shape index (κ3) is 22.0. The van der Waals surface area contributed by atoms with Gasteiger partial charge in [0.2, 0.25) is 35.4 Å². The smallest absolute Gasteiger partial charge is 0.407 e. The lowest BCUT2D eigenvalue weighted by Gasteiger charge is -2.41. The maximum atomic E-state index is 15.0. The molecule has 4 aromatic carbocycles. The van der Waals surface area contributed by atoms with Crippen LogP contribution < -0.4 is 37.6 Å². The fourth-order valence-corrected chi connectivity index (χ4v) is 14.5. The molecule has 13 atom stereocenters. The third-order valence-electron chi connectivity index (χ3n) is 19.9. The first-order valence-electron chi connectivity index (χ1n) is 35.4. The van der Waals surface area contributed by atoms with Crippen molar-refractivity contribution in [3.63, 3.8) is 0 Å². The Morgan fingerprint density at radius 3 is 1.87 bits per heavy atom. The van der Waals surface area contributed by atoms with Crippen LogP contribution in [-0.4, -0.2) is 200 Å². The molecule has 1 unspecified atom stereocenters. The molecule has 1 fully saturated rings. The number of primary amides is 1. The Kier molecular flexibility index (Phi) is 31.0. The number of methoxy groups -OCH3 is 2. The van der Waals surface area contributed by atoms with Crippen molar-refractivity contribution in [3.8, 4) is 11.1 Å². The molecule has 1 aliphatic heterocycles. The van der Waals surface area contributed by atoms with E-state index < -0.39 is 154 Å². The average molecular weight is 1450 g/mol. The summed E-state index contributed by atoms with van der Waals surface area (Å²) < 4.78 is 52.3. The minimum Gasteiger partial charge on any atom is -0.449 e. The van der Waals surface area contributed by atoms with Crippen molar-refractivity contribution in [2.45, 2.75) is 187 Å². The highest BCUT2D eigenvalue weighted by Crippen LogP contribution is 2.45. The summed E-state index contributed by atoms with van der Waals surface area (Å²) >= 11 is 0. The van der Waals surface area contributed by atoms with Crippen LogP contribution in [0.25, 0.3) is 11.1 Å². The summed E-state index contributed by atoms with van der Waals surface area (Å²) in [5.74, 6) is -8.30. The summed E-state index contributed by atoms with van der Waals surface area (Å²) in [5, 5.41) is 39.3. The molecule has 0 spiro atoms. The van der Waals surface area contributed by atoms with Gasteiger partial charge in [-0.2, -0.15) is 8.42 Å². The van der Waals surface area contributed by atoms with Crippen LogP contribution in [0.3, 0.4) is 0 Å². The molecule has 0 aromatic heterocycles. The molecular formula is C75H108N10O17S. The van der Waals surface area contributed by atoms with Gasteiger partial charge < -0.3 is 76.8 Å². The number of aliphatic hydroxyl groups is 2.